The molecule has 1 aliphatic heterocycles. The molecule has 0 saturated carbocycles. The first-order valence-corrected chi connectivity index (χ1v) is 6.22. The molecule has 1 atom stereocenters. The van der Waals surface area contributed by atoms with Gasteiger partial charge in [0, 0.05) is 12.5 Å². The lowest BCUT2D eigenvalue weighted by Gasteiger charge is -2.13. The monoisotopic (exact) mass is 231 g/mol. The fraction of sp³-hybridized carbons (Fsp3) is 0.462. The van der Waals surface area contributed by atoms with Gasteiger partial charge >= 0.3 is 0 Å². The van der Waals surface area contributed by atoms with Crippen LogP contribution in [0.2, 0.25) is 0 Å². The van der Waals surface area contributed by atoms with Crippen molar-refractivity contribution in [1.82, 2.24) is 14.7 Å². The zero-order valence-corrected chi connectivity index (χ0v) is 9.76. The first-order valence-electron chi connectivity index (χ1n) is 6.22. The van der Waals surface area contributed by atoms with Crippen LogP contribution in [0.1, 0.15) is 31.0 Å². The van der Waals surface area contributed by atoms with Crippen LogP contribution in [0.15, 0.2) is 24.4 Å². The number of hydrogen-bond donors (Lipinski definition) is 2. The molecule has 1 fully saturated rings. The molecule has 1 aliphatic rings. The average Bonchev–Trinajstić information content (AvgIpc) is 2.59. The molecule has 2 N–H and O–H groups in total. The Morgan fingerprint density at radius 3 is 3.24 bits per heavy atom. The summed E-state index contributed by atoms with van der Waals surface area (Å²) in [5, 5.41) is 13.4. The summed E-state index contributed by atoms with van der Waals surface area (Å²) in [6.45, 7) is 2.04. The van der Waals surface area contributed by atoms with Crippen LogP contribution in [-0.4, -0.2) is 27.6 Å². The number of nitrogens with one attached hydrogen (secondary N) is 1. The van der Waals surface area contributed by atoms with Gasteiger partial charge in [-0.3, -0.25) is 4.40 Å². The smallest absolute Gasteiger partial charge is 0.197 e. The molecule has 0 aromatic carbocycles. The Balaban J connectivity index is 2.04. The van der Waals surface area contributed by atoms with E-state index in [4.69, 9.17) is 0 Å². The second-order valence-corrected chi connectivity index (χ2v) is 4.66. The Morgan fingerprint density at radius 2 is 2.29 bits per heavy atom. The fourth-order valence-corrected chi connectivity index (χ4v) is 2.58. The second-order valence-electron chi connectivity index (χ2n) is 4.66. The van der Waals surface area contributed by atoms with E-state index in [2.05, 4.69) is 10.3 Å². The maximum absolute atomic E-state index is 9.94. The fourth-order valence-electron chi connectivity index (χ4n) is 2.58. The van der Waals surface area contributed by atoms with Gasteiger partial charge in [-0.2, -0.15) is 0 Å². The third-order valence-corrected chi connectivity index (χ3v) is 3.47. The van der Waals surface area contributed by atoms with Crippen molar-refractivity contribution in [3.05, 3.63) is 30.2 Å². The largest absolute Gasteiger partial charge is 0.494 e. The number of aromatic hydroxyl groups is 1. The van der Waals surface area contributed by atoms with Gasteiger partial charge in [0.15, 0.2) is 5.88 Å². The average molecular weight is 231 g/mol. The molecular formula is C13H17N3O. The van der Waals surface area contributed by atoms with Crippen LogP contribution in [0.25, 0.3) is 5.52 Å². The number of imidazole rings is 1. The highest BCUT2D eigenvalue weighted by Crippen LogP contribution is 2.26. The van der Waals surface area contributed by atoms with E-state index >= 15 is 0 Å². The van der Waals surface area contributed by atoms with Crippen LogP contribution < -0.4 is 5.32 Å². The normalized spacial score (nSPS) is 21.5. The van der Waals surface area contributed by atoms with E-state index in [1.807, 2.05) is 22.7 Å². The molecule has 4 heteroatoms. The van der Waals surface area contributed by atoms with Crippen LogP contribution in [0.3, 0.4) is 0 Å². The molecule has 17 heavy (non-hydrogen) atoms. The van der Waals surface area contributed by atoms with Crippen molar-refractivity contribution in [3.63, 3.8) is 0 Å². The zero-order chi connectivity index (χ0) is 11.7. The summed E-state index contributed by atoms with van der Waals surface area (Å²) in [4.78, 5) is 4.48. The first-order chi connectivity index (χ1) is 8.36. The van der Waals surface area contributed by atoms with Crippen molar-refractivity contribution in [3.8, 4) is 5.88 Å². The van der Waals surface area contributed by atoms with E-state index in [0.717, 1.165) is 30.9 Å². The summed E-state index contributed by atoms with van der Waals surface area (Å²) in [6, 6.07) is 5.53. The van der Waals surface area contributed by atoms with E-state index in [1.165, 1.54) is 12.8 Å². The summed E-state index contributed by atoms with van der Waals surface area (Å²) in [6.07, 6.45) is 5.42. The van der Waals surface area contributed by atoms with Crippen molar-refractivity contribution in [1.29, 1.82) is 0 Å². The Kier molecular flexibility index (Phi) is 2.73. The van der Waals surface area contributed by atoms with E-state index in [1.54, 1.807) is 6.07 Å². The Bertz CT molecular complexity index is 512. The Labute approximate surface area is 100 Å². The molecule has 0 bridgehead atoms. The third-order valence-electron chi connectivity index (χ3n) is 3.47. The number of fused-ring (bicyclic) bond motifs is 1. The predicted molar refractivity (Wildman–Crippen MR) is 66.3 cm³/mol. The lowest BCUT2D eigenvalue weighted by molar-refractivity contribution is 0.437. The molecule has 3 heterocycles. The molecule has 0 aliphatic carbocycles. The van der Waals surface area contributed by atoms with Gasteiger partial charge in [-0.05, 0) is 31.5 Å². The molecule has 2 aromatic rings. The number of hydrogen-bond acceptors (Lipinski definition) is 3. The highest BCUT2D eigenvalue weighted by atomic mass is 16.3. The maximum Gasteiger partial charge on any atom is 0.197 e. The molecule has 2 aromatic heterocycles. The SMILES string of the molecule is Oc1cccc2cnc(C3CCCCNC3)n12. The lowest BCUT2D eigenvalue weighted by Crippen LogP contribution is -2.20. The Hall–Kier alpha value is -1.55. The topological polar surface area (TPSA) is 49.6 Å². The van der Waals surface area contributed by atoms with E-state index in [-0.39, 0.29) is 5.88 Å². The molecule has 4 nitrogen and oxygen atoms in total. The van der Waals surface area contributed by atoms with Crippen LogP contribution in [-0.2, 0) is 0 Å². The second kappa shape index (κ2) is 4.37. The van der Waals surface area contributed by atoms with Gasteiger partial charge in [0.2, 0.25) is 0 Å². The first kappa shape index (κ1) is 10.6. The molecule has 0 spiro atoms. The van der Waals surface area contributed by atoms with Crippen molar-refractivity contribution >= 4 is 5.52 Å². The summed E-state index contributed by atoms with van der Waals surface area (Å²) in [5.74, 6) is 1.65. The summed E-state index contributed by atoms with van der Waals surface area (Å²) >= 11 is 0. The molecule has 0 radical (unpaired) electrons. The molecule has 1 saturated heterocycles. The molecule has 1 unspecified atom stereocenters. The van der Waals surface area contributed by atoms with Crippen LogP contribution >= 0.6 is 0 Å². The number of aromatic nitrogens is 2. The van der Waals surface area contributed by atoms with E-state index in [0.29, 0.717) is 5.92 Å². The zero-order valence-electron chi connectivity index (χ0n) is 9.76. The summed E-state index contributed by atoms with van der Waals surface area (Å²) in [7, 11) is 0. The highest BCUT2D eigenvalue weighted by Gasteiger charge is 2.19. The van der Waals surface area contributed by atoms with Crippen LogP contribution in [0, 0.1) is 0 Å². The highest BCUT2D eigenvalue weighted by molar-refractivity contribution is 5.49. The maximum atomic E-state index is 9.94. The van der Waals surface area contributed by atoms with Gasteiger partial charge in [-0.25, -0.2) is 4.98 Å². The Morgan fingerprint density at radius 1 is 1.35 bits per heavy atom. The number of nitrogens with zero attached hydrogens (tertiary/aromatic N) is 2. The van der Waals surface area contributed by atoms with Gasteiger partial charge in [0.1, 0.15) is 5.82 Å². The van der Waals surface area contributed by atoms with Crippen molar-refractivity contribution in [2.75, 3.05) is 13.1 Å². The summed E-state index contributed by atoms with van der Waals surface area (Å²) < 4.78 is 1.86. The number of rotatable bonds is 1. The minimum Gasteiger partial charge on any atom is -0.494 e. The third kappa shape index (κ3) is 1.89. The van der Waals surface area contributed by atoms with Gasteiger partial charge in [-0.15, -0.1) is 0 Å². The van der Waals surface area contributed by atoms with Crippen molar-refractivity contribution in [2.24, 2.45) is 0 Å². The van der Waals surface area contributed by atoms with Gasteiger partial charge in [-0.1, -0.05) is 12.5 Å². The quantitative estimate of drug-likeness (QED) is 0.788. The number of pyridine rings is 1. The molecule has 0 amide bonds. The van der Waals surface area contributed by atoms with Crippen LogP contribution in [0.4, 0.5) is 0 Å². The molecule has 90 valence electrons. The predicted octanol–water partition coefficient (Wildman–Crippen LogP) is 1.90. The summed E-state index contributed by atoms with van der Waals surface area (Å²) in [5.41, 5.74) is 0.962. The van der Waals surface area contributed by atoms with Gasteiger partial charge in [0.25, 0.3) is 0 Å². The van der Waals surface area contributed by atoms with Crippen molar-refractivity contribution < 1.29 is 5.11 Å². The molecule has 3 rings (SSSR count). The van der Waals surface area contributed by atoms with Gasteiger partial charge in [0.05, 0.1) is 11.7 Å². The minimum absolute atomic E-state index is 0.277. The molecular weight excluding hydrogens is 214 g/mol. The van der Waals surface area contributed by atoms with Gasteiger partial charge < -0.3 is 10.4 Å². The minimum atomic E-state index is 0.277. The standard InChI is InChI=1S/C13H17N3O/c17-12-6-3-5-11-9-15-13(16(11)12)10-4-1-2-7-14-8-10/h3,5-6,9-10,14,17H,1-2,4,7-8H2. The van der Waals surface area contributed by atoms with Crippen molar-refractivity contribution in [2.45, 2.75) is 25.2 Å². The van der Waals surface area contributed by atoms with E-state index < -0.39 is 0 Å². The van der Waals surface area contributed by atoms with Crippen LogP contribution in [0.5, 0.6) is 5.88 Å². The van der Waals surface area contributed by atoms with E-state index in [9.17, 15) is 5.11 Å². The lowest BCUT2D eigenvalue weighted by atomic mass is 10.0.